The van der Waals surface area contributed by atoms with Gasteiger partial charge >= 0.3 is 0 Å². The Morgan fingerprint density at radius 1 is 1.27 bits per heavy atom. The molecule has 1 heterocycles. The first-order valence-electron chi connectivity index (χ1n) is 4.89. The third kappa shape index (κ3) is 2.54. The Bertz CT molecular complexity index is 418. The average Bonchev–Trinajstić information content (AvgIpc) is 2.29. The van der Waals surface area contributed by atoms with Gasteiger partial charge in [-0.15, -0.1) is 0 Å². The lowest BCUT2D eigenvalue weighted by molar-refractivity contribution is 1.24. The van der Waals surface area contributed by atoms with Crippen molar-refractivity contribution in [3.63, 3.8) is 0 Å². The van der Waals surface area contributed by atoms with Crippen molar-refractivity contribution >= 4 is 17.4 Å². The highest BCUT2D eigenvalue weighted by atomic mass is 32.2. The van der Waals surface area contributed by atoms with E-state index in [4.69, 9.17) is 0 Å². The van der Waals surface area contributed by atoms with Crippen LogP contribution in [0.25, 0.3) is 0 Å². The van der Waals surface area contributed by atoms with Crippen molar-refractivity contribution in [2.24, 2.45) is 0 Å². The van der Waals surface area contributed by atoms with Gasteiger partial charge in [-0.05, 0) is 12.1 Å². The van der Waals surface area contributed by atoms with E-state index in [0.29, 0.717) is 0 Å². The molecule has 2 heteroatoms. The van der Waals surface area contributed by atoms with E-state index in [-0.39, 0.29) is 0 Å². The highest BCUT2D eigenvalue weighted by Crippen LogP contribution is 2.36. The first-order valence-corrected chi connectivity index (χ1v) is 5.71. The van der Waals surface area contributed by atoms with Crippen LogP contribution in [0.2, 0.25) is 0 Å². The van der Waals surface area contributed by atoms with Gasteiger partial charge in [-0.2, -0.15) is 0 Å². The van der Waals surface area contributed by atoms with Crippen LogP contribution in [0.3, 0.4) is 0 Å². The fourth-order valence-corrected chi connectivity index (χ4v) is 2.37. The Morgan fingerprint density at radius 2 is 2.13 bits per heavy atom. The van der Waals surface area contributed by atoms with E-state index >= 15 is 0 Å². The molecule has 76 valence electrons. The van der Waals surface area contributed by atoms with E-state index in [0.717, 1.165) is 6.54 Å². The van der Waals surface area contributed by atoms with Crippen LogP contribution < -0.4 is 5.32 Å². The fourth-order valence-electron chi connectivity index (χ4n) is 1.40. The van der Waals surface area contributed by atoms with Crippen LogP contribution in [-0.4, -0.2) is 6.54 Å². The fraction of sp³-hybridized carbons (Fsp3) is 0.0769. The standard InChI is InChI=1S/C13H13NS/c1-2-3-4-7-11-10-14-12-8-5-6-9-13(12)15-11/h2-9,14H,1,10H2/b4-3-,11-7+. The normalized spacial score (nSPS) is 17.5. The molecule has 0 atom stereocenters. The van der Waals surface area contributed by atoms with Crippen LogP contribution in [0.1, 0.15) is 0 Å². The Morgan fingerprint density at radius 3 is 3.00 bits per heavy atom. The summed E-state index contributed by atoms with van der Waals surface area (Å²) >= 11 is 1.82. The number of hydrogen-bond acceptors (Lipinski definition) is 2. The minimum Gasteiger partial charge on any atom is -0.380 e. The molecule has 0 aromatic heterocycles. The van der Waals surface area contributed by atoms with Crippen molar-refractivity contribution in [1.29, 1.82) is 0 Å². The molecule has 1 N–H and O–H groups in total. The summed E-state index contributed by atoms with van der Waals surface area (Å²) in [5.41, 5.74) is 1.23. The maximum atomic E-state index is 3.64. The average molecular weight is 215 g/mol. The number of rotatable bonds is 2. The van der Waals surface area contributed by atoms with Crippen LogP contribution in [-0.2, 0) is 0 Å². The molecule has 15 heavy (non-hydrogen) atoms. The number of nitrogens with one attached hydrogen (secondary N) is 1. The molecule has 2 rings (SSSR count). The first-order chi connectivity index (χ1) is 7.40. The number of thioether (sulfide) groups is 1. The predicted octanol–water partition coefficient (Wildman–Crippen LogP) is 3.83. The number of hydrogen-bond donors (Lipinski definition) is 1. The van der Waals surface area contributed by atoms with E-state index in [2.05, 4.69) is 42.2 Å². The molecule has 0 spiro atoms. The Kier molecular flexibility index (Phi) is 3.30. The minimum atomic E-state index is 0.906. The molecule has 1 aliphatic heterocycles. The van der Waals surface area contributed by atoms with Gasteiger partial charge in [0.2, 0.25) is 0 Å². The lowest BCUT2D eigenvalue weighted by Crippen LogP contribution is -2.08. The zero-order valence-electron chi connectivity index (χ0n) is 8.44. The van der Waals surface area contributed by atoms with Crippen LogP contribution in [0, 0.1) is 0 Å². The molecule has 1 aromatic rings. The Balaban J connectivity index is 2.15. The minimum absolute atomic E-state index is 0.906. The van der Waals surface area contributed by atoms with Crippen molar-refractivity contribution < 1.29 is 0 Å². The lowest BCUT2D eigenvalue weighted by Gasteiger charge is -2.19. The van der Waals surface area contributed by atoms with Crippen LogP contribution in [0.4, 0.5) is 5.69 Å². The number of benzene rings is 1. The largest absolute Gasteiger partial charge is 0.380 e. The maximum absolute atomic E-state index is 3.64. The van der Waals surface area contributed by atoms with Gasteiger partial charge in [-0.3, -0.25) is 0 Å². The maximum Gasteiger partial charge on any atom is 0.0484 e. The smallest absolute Gasteiger partial charge is 0.0484 e. The summed E-state index contributed by atoms with van der Waals surface area (Å²) < 4.78 is 0. The van der Waals surface area contributed by atoms with Gasteiger partial charge in [-0.25, -0.2) is 0 Å². The second-order valence-corrected chi connectivity index (χ2v) is 4.37. The SMILES string of the molecule is C=C/C=C\C=C1/CNc2ccccc2S1. The Hall–Kier alpha value is -1.41. The Labute approximate surface area is 94.6 Å². The third-order valence-electron chi connectivity index (χ3n) is 2.11. The lowest BCUT2D eigenvalue weighted by atomic mass is 10.3. The zero-order chi connectivity index (χ0) is 10.5. The van der Waals surface area contributed by atoms with Crippen molar-refractivity contribution in [3.8, 4) is 0 Å². The van der Waals surface area contributed by atoms with E-state index in [9.17, 15) is 0 Å². The molecule has 0 saturated heterocycles. The van der Waals surface area contributed by atoms with Gasteiger partial charge < -0.3 is 5.32 Å². The van der Waals surface area contributed by atoms with Crippen molar-refractivity contribution in [2.45, 2.75) is 4.90 Å². The summed E-state index contributed by atoms with van der Waals surface area (Å²) in [7, 11) is 0. The summed E-state index contributed by atoms with van der Waals surface area (Å²) in [5.74, 6) is 0. The molecule has 1 aromatic carbocycles. The van der Waals surface area contributed by atoms with Gasteiger partial charge in [0.05, 0.1) is 0 Å². The molecule has 0 saturated carbocycles. The van der Waals surface area contributed by atoms with E-state index < -0.39 is 0 Å². The van der Waals surface area contributed by atoms with E-state index in [1.54, 1.807) is 6.08 Å². The summed E-state index contributed by atoms with van der Waals surface area (Å²) in [6.45, 7) is 4.55. The highest BCUT2D eigenvalue weighted by molar-refractivity contribution is 8.03. The highest BCUT2D eigenvalue weighted by Gasteiger charge is 2.10. The van der Waals surface area contributed by atoms with Crippen molar-refractivity contribution in [1.82, 2.24) is 0 Å². The van der Waals surface area contributed by atoms with Crippen LogP contribution in [0.5, 0.6) is 0 Å². The number of anilines is 1. The third-order valence-corrected chi connectivity index (χ3v) is 3.23. The molecule has 1 aliphatic rings. The monoisotopic (exact) mass is 215 g/mol. The molecule has 0 fully saturated rings. The van der Waals surface area contributed by atoms with Gasteiger partial charge in [0.1, 0.15) is 0 Å². The second-order valence-electron chi connectivity index (χ2n) is 3.21. The van der Waals surface area contributed by atoms with Gasteiger partial charge in [0, 0.05) is 22.0 Å². The molecule has 0 aliphatic carbocycles. The molecule has 0 bridgehead atoms. The van der Waals surface area contributed by atoms with Gasteiger partial charge in [-0.1, -0.05) is 54.8 Å². The van der Waals surface area contributed by atoms with E-state index in [1.807, 2.05) is 23.9 Å². The molecule has 1 nitrogen and oxygen atoms in total. The zero-order valence-corrected chi connectivity index (χ0v) is 9.26. The molecular formula is C13H13NS. The topological polar surface area (TPSA) is 12.0 Å². The summed E-state index contributed by atoms with van der Waals surface area (Å²) in [5, 5.41) is 3.39. The van der Waals surface area contributed by atoms with E-state index in [1.165, 1.54) is 15.5 Å². The molecule has 0 unspecified atom stereocenters. The van der Waals surface area contributed by atoms with Crippen molar-refractivity contribution in [3.05, 3.63) is 60.1 Å². The molecular weight excluding hydrogens is 202 g/mol. The number of para-hydroxylation sites is 1. The molecule has 0 radical (unpaired) electrons. The summed E-state index contributed by atoms with van der Waals surface area (Å²) in [6, 6.07) is 8.37. The number of allylic oxidation sites excluding steroid dienone is 4. The van der Waals surface area contributed by atoms with Gasteiger partial charge in [0.15, 0.2) is 0 Å². The number of fused-ring (bicyclic) bond motifs is 1. The summed E-state index contributed by atoms with van der Waals surface area (Å²) in [6.07, 6.45) is 7.86. The molecule has 0 amide bonds. The van der Waals surface area contributed by atoms with Crippen LogP contribution >= 0.6 is 11.8 Å². The first kappa shape index (κ1) is 10.1. The summed E-state index contributed by atoms with van der Waals surface area (Å²) in [4.78, 5) is 2.62. The van der Waals surface area contributed by atoms with Crippen LogP contribution in [0.15, 0.2) is 64.9 Å². The predicted molar refractivity (Wildman–Crippen MR) is 68.2 cm³/mol. The van der Waals surface area contributed by atoms with Gasteiger partial charge in [0.25, 0.3) is 0 Å². The van der Waals surface area contributed by atoms with Crippen molar-refractivity contribution in [2.75, 3.05) is 11.9 Å². The second kappa shape index (κ2) is 4.89. The quantitative estimate of drug-likeness (QED) is 0.752.